The largest absolute Gasteiger partial charge is 0.350 e. The second-order valence-electron chi connectivity index (χ2n) is 7.31. The molecule has 1 unspecified atom stereocenters. The Morgan fingerprint density at radius 2 is 1.97 bits per heavy atom. The Bertz CT molecular complexity index is 1230. The summed E-state index contributed by atoms with van der Waals surface area (Å²) in [5.41, 5.74) is 2.54. The minimum atomic E-state index is -3.08. The van der Waals surface area contributed by atoms with Crippen molar-refractivity contribution in [1.29, 1.82) is 0 Å². The Morgan fingerprint density at radius 1 is 1.21 bits per heavy atom. The fourth-order valence-corrected chi connectivity index (χ4v) is 5.20. The van der Waals surface area contributed by atoms with E-state index < -0.39 is 15.5 Å². The van der Waals surface area contributed by atoms with Crippen LogP contribution in [0.2, 0.25) is 0 Å². The number of rotatable bonds is 5. The Balaban J connectivity index is 1.54. The SMILES string of the molecule is Cc1ccc(CNC(=O)Cn2c(=O)ncc3c2cnn3C2CCS(=O)(=O)C2)cc1. The molecule has 1 atom stereocenters. The molecule has 3 aromatic rings. The van der Waals surface area contributed by atoms with Gasteiger partial charge in [-0.2, -0.15) is 10.1 Å². The van der Waals surface area contributed by atoms with E-state index in [1.807, 2.05) is 31.2 Å². The van der Waals surface area contributed by atoms with E-state index in [0.29, 0.717) is 24.0 Å². The molecule has 10 heteroatoms. The summed E-state index contributed by atoms with van der Waals surface area (Å²) in [7, 11) is -3.08. The van der Waals surface area contributed by atoms with E-state index in [9.17, 15) is 18.0 Å². The van der Waals surface area contributed by atoms with Crippen LogP contribution in [0.5, 0.6) is 0 Å². The first kappa shape index (κ1) is 19.3. The van der Waals surface area contributed by atoms with Crippen LogP contribution >= 0.6 is 0 Å². The van der Waals surface area contributed by atoms with E-state index in [2.05, 4.69) is 15.4 Å². The van der Waals surface area contributed by atoms with Crippen LogP contribution in [0.15, 0.2) is 41.5 Å². The lowest BCUT2D eigenvalue weighted by Gasteiger charge is -2.11. The smallest absolute Gasteiger partial charge is 0.348 e. The van der Waals surface area contributed by atoms with Crippen LogP contribution < -0.4 is 11.0 Å². The Labute approximate surface area is 167 Å². The average Bonchev–Trinajstić information content (AvgIpc) is 3.26. The fraction of sp³-hybridized carbons (Fsp3) is 0.368. The van der Waals surface area contributed by atoms with Gasteiger partial charge in [0.15, 0.2) is 9.84 Å². The van der Waals surface area contributed by atoms with Crippen LogP contribution in [0.3, 0.4) is 0 Å². The van der Waals surface area contributed by atoms with Crippen LogP contribution in [0.4, 0.5) is 0 Å². The fourth-order valence-electron chi connectivity index (χ4n) is 3.50. The maximum absolute atomic E-state index is 12.4. The normalized spacial score (nSPS) is 18.2. The van der Waals surface area contributed by atoms with E-state index in [1.165, 1.54) is 17.0 Å². The highest BCUT2D eigenvalue weighted by Gasteiger charge is 2.31. The molecule has 0 bridgehead atoms. The summed E-state index contributed by atoms with van der Waals surface area (Å²) >= 11 is 0. The number of benzene rings is 1. The van der Waals surface area contributed by atoms with Gasteiger partial charge < -0.3 is 5.32 Å². The molecule has 1 aliphatic rings. The summed E-state index contributed by atoms with van der Waals surface area (Å²) in [6.45, 7) is 2.16. The third-order valence-corrected chi connectivity index (χ3v) is 6.85. The predicted molar refractivity (Wildman–Crippen MR) is 107 cm³/mol. The molecular weight excluding hydrogens is 394 g/mol. The van der Waals surface area contributed by atoms with Gasteiger partial charge in [0.1, 0.15) is 12.1 Å². The quantitative estimate of drug-likeness (QED) is 0.652. The van der Waals surface area contributed by atoms with Gasteiger partial charge >= 0.3 is 5.69 Å². The summed E-state index contributed by atoms with van der Waals surface area (Å²) in [6, 6.07) is 7.51. The first-order valence-electron chi connectivity index (χ1n) is 9.28. The standard InChI is InChI=1S/C19H21N5O4S/c1-13-2-4-14(5-3-13)8-20-18(25)11-23-16-10-22-24(17(16)9-21-19(23)26)15-6-7-29(27,28)12-15/h2-5,9-10,15H,6-8,11-12H2,1H3,(H,20,25). The van der Waals surface area contributed by atoms with Crippen molar-refractivity contribution in [2.75, 3.05) is 11.5 Å². The number of hydrogen-bond acceptors (Lipinski definition) is 6. The van der Waals surface area contributed by atoms with E-state index in [1.54, 1.807) is 4.68 Å². The number of nitrogens with zero attached hydrogens (tertiary/aromatic N) is 4. The first-order chi connectivity index (χ1) is 13.8. The molecule has 4 rings (SSSR count). The first-order valence-corrected chi connectivity index (χ1v) is 11.1. The Kier molecular flexibility index (Phi) is 4.95. The van der Waals surface area contributed by atoms with Gasteiger partial charge in [0, 0.05) is 6.54 Å². The van der Waals surface area contributed by atoms with Gasteiger partial charge in [-0.25, -0.2) is 13.2 Å². The van der Waals surface area contributed by atoms with Crippen LogP contribution in [-0.2, 0) is 27.7 Å². The van der Waals surface area contributed by atoms with Gasteiger partial charge in [-0.1, -0.05) is 29.8 Å². The molecule has 0 aliphatic carbocycles. The Morgan fingerprint density at radius 3 is 2.66 bits per heavy atom. The lowest BCUT2D eigenvalue weighted by molar-refractivity contribution is -0.121. The molecule has 1 aliphatic heterocycles. The summed E-state index contributed by atoms with van der Waals surface area (Å²) in [5.74, 6) is -0.189. The maximum atomic E-state index is 12.4. The van der Waals surface area contributed by atoms with E-state index in [-0.39, 0.29) is 30.0 Å². The zero-order chi connectivity index (χ0) is 20.6. The lowest BCUT2D eigenvalue weighted by atomic mass is 10.1. The van der Waals surface area contributed by atoms with Crippen molar-refractivity contribution >= 4 is 26.8 Å². The number of fused-ring (bicyclic) bond motifs is 1. The minimum absolute atomic E-state index is 0.0138. The summed E-state index contributed by atoms with van der Waals surface area (Å²) in [6.07, 6.45) is 3.34. The second kappa shape index (κ2) is 7.43. The van der Waals surface area contributed by atoms with Crippen LogP contribution in [-0.4, -0.2) is 45.2 Å². The number of aryl methyl sites for hydroxylation is 1. The third kappa shape index (κ3) is 4.07. The monoisotopic (exact) mass is 415 g/mol. The number of carbonyl (C=O) groups is 1. The molecule has 1 amide bonds. The van der Waals surface area contributed by atoms with Crippen LogP contribution in [0.25, 0.3) is 11.0 Å². The highest BCUT2D eigenvalue weighted by molar-refractivity contribution is 7.91. The molecule has 3 heterocycles. The van der Waals surface area contributed by atoms with Crippen molar-refractivity contribution in [3.8, 4) is 0 Å². The van der Waals surface area contributed by atoms with Crippen molar-refractivity contribution in [3.63, 3.8) is 0 Å². The third-order valence-electron chi connectivity index (χ3n) is 5.10. The zero-order valence-electron chi connectivity index (χ0n) is 15.9. The zero-order valence-corrected chi connectivity index (χ0v) is 16.7. The number of carbonyl (C=O) groups excluding carboxylic acids is 1. The van der Waals surface area contributed by atoms with Crippen molar-refractivity contribution < 1.29 is 13.2 Å². The molecule has 0 saturated carbocycles. The van der Waals surface area contributed by atoms with E-state index >= 15 is 0 Å². The molecule has 152 valence electrons. The molecular formula is C19H21N5O4S. The predicted octanol–water partition coefficient (Wildman–Crippen LogP) is 0.577. The van der Waals surface area contributed by atoms with Gasteiger partial charge in [0.2, 0.25) is 5.91 Å². The number of aromatic nitrogens is 4. The minimum Gasteiger partial charge on any atom is -0.350 e. The Hall–Kier alpha value is -3.01. The van der Waals surface area contributed by atoms with Crippen molar-refractivity contribution in [3.05, 3.63) is 58.3 Å². The molecule has 0 radical (unpaired) electrons. The van der Waals surface area contributed by atoms with Crippen molar-refractivity contribution in [2.45, 2.75) is 32.5 Å². The molecule has 1 aromatic carbocycles. The van der Waals surface area contributed by atoms with Crippen molar-refractivity contribution in [1.82, 2.24) is 24.6 Å². The van der Waals surface area contributed by atoms with Gasteiger partial charge in [0.25, 0.3) is 0 Å². The molecule has 9 nitrogen and oxygen atoms in total. The topological polar surface area (TPSA) is 116 Å². The van der Waals surface area contributed by atoms with Crippen LogP contribution in [0.1, 0.15) is 23.6 Å². The molecule has 29 heavy (non-hydrogen) atoms. The summed E-state index contributed by atoms with van der Waals surface area (Å²) < 4.78 is 26.4. The van der Waals surface area contributed by atoms with E-state index in [0.717, 1.165) is 11.1 Å². The van der Waals surface area contributed by atoms with Gasteiger partial charge in [-0.05, 0) is 18.9 Å². The van der Waals surface area contributed by atoms with E-state index in [4.69, 9.17) is 0 Å². The van der Waals surface area contributed by atoms with Crippen LogP contribution in [0, 0.1) is 6.92 Å². The molecule has 2 aromatic heterocycles. The van der Waals surface area contributed by atoms with Gasteiger partial charge in [0.05, 0.1) is 35.5 Å². The number of sulfone groups is 1. The molecule has 1 fully saturated rings. The number of amides is 1. The molecule has 1 N–H and O–H groups in total. The second-order valence-corrected chi connectivity index (χ2v) is 9.53. The van der Waals surface area contributed by atoms with Gasteiger partial charge in [-0.3, -0.25) is 14.0 Å². The summed E-state index contributed by atoms with van der Waals surface area (Å²) in [4.78, 5) is 28.5. The summed E-state index contributed by atoms with van der Waals surface area (Å²) in [5, 5.41) is 7.07. The highest BCUT2D eigenvalue weighted by atomic mass is 32.2. The lowest BCUT2D eigenvalue weighted by Crippen LogP contribution is -2.33. The van der Waals surface area contributed by atoms with Crippen molar-refractivity contribution in [2.24, 2.45) is 0 Å². The highest BCUT2D eigenvalue weighted by Crippen LogP contribution is 2.26. The molecule has 0 spiro atoms. The maximum Gasteiger partial charge on any atom is 0.348 e. The average molecular weight is 415 g/mol. The number of nitrogens with one attached hydrogen (secondary N) is 1. The number of hydrogen-bond donors (Lipinski definition) is 1. The molecule has 1 saturated heterocycles. The van der Waals surface area contributed by atoms with Gasteiger partial charge in [-0.15, -0.1) is 0 Å².